The summed E-state index contributed by atoms with van der Waals surface area (Å²) in [7, 11) is 0. The Balaban J connectivity index is 1.90. The van der Waals surface area contributed by atoms with Crippen LogP contribution in [0.1, 0.15) is 6.42 Å². The van der Waals surface area contributed by atoms with Crippen LogP contribution in [0, 0.1) is 5.92 Å². The second kappa shape index (κ2) is 4.40. The van der Waals surface area contributed by atoms with Gasteiger partial charge in [0.15, 0.2) is 0 Å². The Morgan fingerprint density at radius 1 is 1.33 bits per heavy atom. The maximum absolute atomic E-state index is 5.67. The van der Waals surface area contributed by atoms with E-state index in [9.17, 15) is 0 Å². The summed E-state index contributed by atoms with van der Waals surface area (Å²) in [4.78, 5) is 0. The highest BCUT2D eigenvalue weighted by molar-refractivity contribution is 5.65. The molecule has 4 N–H and O–H groups in total. The second-order valence-electron chi connectivity index (χ2n) is 3.83. The van der Waals surface area contributed by atoms with Gasteiger partial charge in [0.25, 0.3) is 0 Å². The Bertz CT molecular complexity index is 335. The van der Waals surface area contributed by atoms with Crippen LogP contribution in [0.3, 0.4) is 0 Å². The average Bonchev–Trinajstić information content (AvgIpc) is 2.73. The van der Waals surface area contributed by atoms with E-state index < -0.39 is 0 Å². The molecule has 82 valence electrons. The van der Waals surface area contributed by atoms with E-state index in [4.69, 9.17) is 20.9 Å². The van der Waals surface area contributed by atoms with Crippen molar-refractivity contribution in [1.29, 1.82) is 0 Å². The summed E-state index contributed by atoms with van der Waals surface area (Å²) >= 11 is 0. The lowest BCUT2D eigenvalue weighted by atomic mass is 10.1. The molecule has 1 heterocycles. The minimum Gasteiger partial charge on any atom is -0.493 e. The third kappa shape index (κ3) is 2.53. The number of ether oxygens (including phenoxy) is 2. The van der Waals surface area contributed by atoms with E-state index in [1.54, 1.807) is 12.1 Å². The molecule has 4 heteroatoms. The normalized spacial score (nSPS) is 20.4. The first kappa shape index (κ1) is 10.1. The van der Waals surface area contributed by atoms with E-state index in [2.05, 4.69) is 0 Å². The van der Waals surface area contributed by atoms with E-state index in [-0.39, 0.29) is 0 Å². The fourth-order valence-corrected chi connectivity index (χ4v) is 1.57. The van der Waals surface area contributed by atoms with E-state index in [1.807, 2.05) is 6.07 Å². The molecule has 1 fully saturated rings. The molecule has 0 saturated carbocycles. The highest BCUT2D eigenvalue weighted by atomic mass is 16.5. The molecule has 0 spiro atoms. The summed E-state index contributed by atoms with van der Waals surface area (Å²) in [6.07, 6.45) is 1.07. The highest BCUT2D eigenvalue weighted by Crippen LogP contribution is 2.22. The fourth-order valence-electron chi connectivity index (χ4n) is 1.57. The number of nitrogens with two attached hydrogens (primary N) is 2. The van der Waals surface area contributed by atoms with Crippen LogP contribution in [-0.4, -0.2) is 19.8 Å². The van der Waals surface area contributed by atoms with Gasteiger partial charge in [-0.2, -0.15) is 0 Å². The first-order chi connectivity index (χ1) is 7.25. The molecule has 1 atom stereocenters. The SMILES string of the molecule is Nc1ccc(OCC2CCOC2)cc1N. The third-order valence-corrected chi connectivity index (χ3v) is 2.57. The van der Waals surface area contributed by atoms with E-state index in [0.29, 0.717) is 23.9 Å². The molecule has 1 aromatic rings. The maximum Gasteiger partial charge on any atom is 0.121 e. The van der Waals surface area contributed by atoms with Crippen molar-refractivity contribution in [2.45, 2.75) is 6.42 Å². The van der Waals surface area contributed by atoms with E-state index in [0.717, 1.165) is 25.4 Å². The smallest absolute Gasteiger partial charge is 0.121 e. The van der Waals surface area contributed by atoms with Crippen molar-refractivity contribution in [1.82, 2.24) is 0 Å². The predicted octanol–water partition coefficient (Wildman–Crippen LogP) is 1.27. The summed E-state index contributed by atoms with van der Waals surface area (Å²) in [5, 5.41) is 0. The summed E-state index contributed by atoms with van der Waals surface area (Å²) in [5.74, 6) is 1.28. The molecule has 1 aliphatic heterocycles. The van der Waals surface area contributed by atoms with Crippen molar-refractivity contribution in [3.8, 4) is 5.75 Å². The van der Waals surface area contributed by atoms with Gasteiger partial charge in [-0.15, -0.1) is 0 Å². The molecule has 2 rings (SSSR count). The second-order valence-corrected chi connectivity index (χ2v) is 3.83. The molecule has 0 aromatic heterocycles. The van der Waals surface area contributed by atoms with Gasteiger partial charge in [-0.1, -0.05) is 0 Å². The lowest BCUT2D eigenvalue weighted by molar-refractivity contribution is 0.167. The summed E-state index contributed by atoms with van der Waals surface area (Å²) in [6, 6.07) is 5.35. The van der Waals surface area contributed by atoms with Gasteiger partial charge in [0.05, 0.1) is 24.6 Å². The number of anilines is 2. The number of hydrogen-bond donors (Lipinski definition) is 2. The molecular weight excluding hydrogens is 192 g/mol. The Morgan fingerprint density at radius 3 is 2.87 bits per heavy atom. The van der Waals surface area contributed by atoms with Crippen molar-refractivity contribution in [3.63, 3.8) is 0 Å². The van der Waals surface area contributed by atoms with Gasteiger partial charge in [0.1, 0.15) is 5.75 Å². The largest absolute Gasteiger partial charge is 0.493 e. The van der Waals surface area contributed by atoms with Gasteiger partial charge in [-0.25, -0.2) is 0 Å². The molecule has 1 aliphatic rings. The zero-order valence-corrected chi connectivity index (χ0v) is 8.61. The molecular formula is C11H16N2O2. The zero-order chi connectivity index (χ0) is 10.7. The van der Waals surface area contributed by atoms with Gasteiger partial charge < -0.3 is 20.9 Å². The van der Waals surface area contributed by atoms with Crippen LogP contribution in [0.15, 0.2) is 18.2 Å². The molecule has 15 heavy (non-hydrogen) atoms. The van der Waals surface area contributed by atoms with E-state index >= 15 is 0 Å². The molecule has 4 nitrogen and oxygen atoms in total. The quantitative estimate of drug-likeness (QED) is 0.734. The van der Waals surface area contributed by atoms with Crippen LogP contribution >= 0.6 is 0 Å². The Morgan fingerprint density at radius 2 is 2.20 bits per heavy atom. The van der Waals surface area contributed by atoms with Gasteiger partial charge >= 0.3 is 0 Å². The monoisotopic (exact) mass is 208 g/mol. The average molecular weight is 208 g/mol. The Kier molecular flexibility index (Phi) is 2.97. The molecule has 0 bridgehead atoms. The maximum atomic E-state index is 5.67. The van der Waals surface area contributed by atoms with Crippen LogP contribution in [0.25, 0.3) is 0 Å². The number of benzene rings is 1. The van der Waals surface area contributed by atoms with Crippen LogP contribution in [0.5, 0.6) is 5.75 Å². The van der Waals surface area contributed by atoms with Gasteiger partial charge in [0, 0.05) is 18.6 Å². The van der Waals surface area contributed by atoms with Crippen LogP contribution < -0.4 is 16.2 Å². The van der Waals surface area contributed by atoms with Crippen molar-refractivity contribution >= 4 is 11.4 Å². The fraction of sp³-hybridized carbons (Fsp3) is 0.455. The van der Waals surface area contributed by atoms with Crippen molar-refractivity contribution < 1.29 is 9.47 Å². The third-order valence-electron chi connectivity index (χ3n) is 2.57. The van der Waals surface area contributed by atoms with Crippen molar-refractivity contribution in [3.05, 3.63) is 18.2 Å². The molecule has 0 radical (unpaired) electrons. The lowest BCUT2D eigenvalue weighted by Gasteiger charge is -2.11. The minimum absolute atomic E-state index is 0.503. The summed E-state index contributed by atoms with van der Waals surface area (Å²) in [5.41, 5.74) is 12.4. The van der Waals surface area contributed by atoms with Crippen LogP contribution in [0.2, 0.25) is 0 Å². The van der Waals surface area contributed by atoms with Crippen LogP contribution in [-0.2, 0) is 4.74 Å². The van der Waals surface area contributed by atoms with Gasteiger partial charge in [-0.3, -0.25) is 0 Å². The molecule has 0 amide bonds. The summed E-state index contributed by atoms with van der Waals surface area (Å²) < 4.78 is 10.9. The number of rotatable bonds is 3. The van der Waals surface area contributed by atoms with Gasteiger partial charge in [0.2, 0.25) is 0 Å². The molecule has 1 saturated heterocycles. The highest BCUT2D eigenvalue weighted by Gasteiger charge is 2.16. The first-order valence-corrected chi connectivity index (χ1v) is 5.11. The number of nitrogen functional groups attached to an aromatic ring is 2. The Labute approximate surface area is 89.2 Å². The predicted molar refractivity (Wildman–Crippen MR) is 59.7 cm³/mol. The van der Waals surface area contributed by atoms with Crippen molar-refractivity contribution in [2.75, 3.05) is 31.3 Å². The van der Waals surface area contributed by atoms with Gasteiger partial charge in [-0.05, 0) is 18.6 Å². The molecule has 1 aromatic carbocycles. The lowest BCUT2D eigenvalue weighted by Crippen LogP contribution is -2.11. The van der Waals surface area contributed by atoms with Crippen molar-refractivity contribution in [2.24, 2.45) is 5.92 Å². The summed E-state index contributed by atoms with van der Waals surface area (Å²) in [6.45, 7) is 2.33. The topological polar surface area (TPSA) is 70.5 Å². The standard InChI is InChI=1S/C11H16N2O2/c12-10-2-1-9(5-11(10)13)15-7-8-3-4-14-6-8/h1-2,5,8H,3-4,6-7,12-13H2. The van der Waals surface area contributed by atoms with Crippen LogP contribution in [0.4, 0.5) is 11.4 Å². The molecule has 1 unspecified atom stereocenters. The first-order valence-electron chi connectivity index (χ1n) is 5.11. The van der Waals surface area contributed by atoms with E-state index in [1.165, 1.54) is 0 Å². The molecule has 0 aliphatic carbocycles. The zero-order valence-electron chi connectivity index (χ0n) is 8.61. The Hall–Kier alpha value is -1.42. The number of hydrogen-bond acceptors (Lipinski definition) is 4. The minimum atomic E-state index is 0.503.